The molecule has 25 heavy (non-hydrogen) atoms. The molecule has 1 atom stereocenters. The average molecular weight is 354 g/mol. The van der Waals surface area contributed by atoms with Crippen molar-refractivity contribution >= 4 is 28.4 Å². The van der Waals surface area contributed by atoms with Crippen molar-refractivity contribution in [3.05, 3.63) is 76.0 Å². The molecule has 2 heterocycles. The summed E-state index contributed by atoms with van der Waals surface area (Å²) in [6.07, 6.45) is 0.713. The largest absolute Gasteiger partial charge is 0.344 e. The molecule has 2 N–H and O–H groups in total. The summed E-state index contributed by atoms with van der Waals surface area (Å²) in [5.74, 6) is 0.159. The number of nitrogens with one attached hydrogen (secondary N) is 2. The number of amides is 1. The minimum atomic E-state index is -0.366. The molecule has 0 bridgehead atoms. The molecule has 0 radical (unpaired) electrons. The van der Waals surface area contributed by atoms with Gasteiger partial charge in [0.25, 0.3) is 11.5 Å². The Bertz CT molecular complexity index is 1030. The summed E-state index contributed by atoms with van der Waals surface area (Å²) in [5.41, 5.74) is 0.696. The first-order chi connectivity index (χ1) is 12.1. The smallest absolute Gasteiger partial charge is 0.268 e. The Morgan fingerprint density at radius 3 is 2.92 bits per heavy atom. The Labute approximate surface area is 147 Å². The number of H-pyrrole nitrogens is 1. The van der Waals surface area contributed by atoms with Crippen LogP contribution in [0.15, 0.2) is 58.2 Å². The summed E-state index contributed by atoms with van der Waals surface area (Å²) in [5, 5.41) is 4.17. The number of carbonyl (C=O) groups excluding carboxylic acids is 1. The van der Waals surface area contributed by atoms with Crippen molar-refractivity contribution in [3.63, 3.8) is 0 Å². The Morgan fingerprint density at radius 2 is 2.04 bits per heavy atom. The van der Waals surface area contributed by atoms with E-state index in [9.17, 15) is 14.0 Å². The molecule has 0 aliphatic carbocycles. The second-order valence-electron chi connectivity index (χ2n) is 5.94. The van der Waals surface area contributed by atoms with Gasteiger partial charge in [-0.2, -0.15) is 0 Å². The number of carbonyl (C=O) groups is 1. The lowest BCUT2D eigenvalue weighted by Crippen LogP contribution is -2.32. The highest BCUT2D eigenvalue weighted by atomic mass is 32.2. The fourth-order valence-corrected chi connectivity index (χ4v) is 4.19. The fraction of sp³-hybridized carbons (Fsp3) is 0.158. The fourth-order valence-electron chi connectivity index (χ4n) is 3.08. The Kier molecular flexibility index (Phi) is 4.05. The first-order valence-electron chi connectivity index (χ1n) is 7.97. The second-order valence-corrected chi connectivity index (χ2v) is 7.08. The Balaban J connectivity index is 1.66. The van der Waals surface area contributed by atoms with Crippen molar-refractivity contribution < 1.29 is 9.18 Å². The van der Waals surface area contributed by atoms with Gasteiger partial charge in [-0.25, -0.2) is 4.39 Å². The molecule has 3 aromatic rings. The summed E-state index contributed by atoms with van der Waals surface area (Å²) in [6, 6.07) is 13.1. The molecule has 2 aromatic carbocycles. The Morgan fingerprint density at radius 1 is 1.20 bits per heavy atom. The minimum absolute atomic E-state index is 0.208. The van der Waals surface area contributed by atoms with Crippen LogP contribution in [0.5, 0.6) is 0 Å². The molecular formula is C19H15FN2O2S. The van der Waals surface area contributed by atoms with Gasteiger partial charge in [0.1, 0.15) is 11.5 Å². The SMILES string of the molecule is O=C(N[C@@H]1CCSc2ccc(F)cc21)c1cc2ccccc2c(=O)[nH]1. The lowest BCUT2D eigenvalue weighted by Gasteiger charge is -2.26. The van der Waals surface area contributed by atoms with Crippen LogP contribution >= 0.6 is 11.8 Å². The van der Waals surface area contributed by atoms with Gasteiger partial charge in [-0.3, -0.25) is 9.59 Å². The zero-order valence-corrected chi connectivity index (χ0v) is 14.0. The highest BCUT2D eigenvalue weighted by molar-refractivity contribution is 7.99. The van der Waals surface area contributed by atoms with Crippen molar-refractivity contribution in [2.24, 2.45) is 0 Å². The summed E-state index contributed by atoms with van der Waals surface area (Å²) in [4.78, 5) is 28.4. The van der Waals surface area contributed by atoms with E-state index in [2.05, 4.69) is 10.3 Å². The van der Waals surface area contributed by atoms with Gasteiger partial charge in [0.05, 0.1) is 6.04 Å². The summed E-state index contributed by atoms with van der Waals surface area (Å²) >= 11 is 1.65. The standard InChI is InChI=1S/C19H15FN2O2S/c20-12-5-6-17-14(10-12)15(7-8-25-17)21-19(24)16-9-11-3-1-2-4-13(11)18(23)22-16/h1-6,9-10,15H,7-8H2,(H,21,24)(H,22,23)/t15-/m1/s1. The van der Waals surface area contributed by atoms with E-state index >= 15 is 0 Å². The number of pyridine rings is 1. The molecule has 1 aliphatic heterocycles. The van der Waals surface area contributed by atoms with E-state index in [1.807, 2.05) is 6.07 Å². The highest BCUT2D eigenvalue weighted by Crippen LogP contribution is 2.36. The number of hydrogen-bond donors (Lipinski definition) is 2. The maximum Gasteiger partial charge on any atom is 0.268 e. The van der Waals surface area contributed by atoms with Crippen LogP contribution in [0.4, 0.5) is 4.39 Å². The number of aromatic nitrogens is 1. The zero-order chi connectivity index (χ0) is 17.4. The van der Waals surface area contributed by atoms with Gasteiger partial charge in [-0.1, -0.05) is 18.2 Å². The zero-order valence-electron chi connectivity index (χ0n) is 13.2. The van der Waals surface area contributed by atoms with Crippen molar-refractivity contribution in [2.75, 3.05) is 5.75 Å². The summed E-state index contributed by atoms with van der Waals surface area (Å²) in [6.45, 7) is 0. The molecule has 4 nitrogen and oxygen atoms in total. The van der Waals surface area contributed by atoms with Crippen LogP contribution in [0.2, 0.25) is 0 Å². The molecule has 1 aromatic heterocycles. The first-order valence-corrected chi connectivity index (χ1v) is 8.95. The predicted octanol–water partition coefficient (Wildman–Crippen LogP) is 3.63. The summed E-state index contributed by atoms with van der Waals surface area (Å²) in [7, 11) is 0. The number of benzene rings is 2. The number of hydrogen-bond acceptors (Lipinski definition) is 3. The van der Waals surface area contributed by atoms with Crippen LogP contribution in [0, 0.1) is 5.82 Å². The highest BCUT2D eigenvalue weighted by Gasteiger charge is 2.23. The van der Waals surface area contributed by atoms with Crippen LogP contribution < -0.4 is 10.9 Å². The van der Waals surface area contributed by atoms with Gasteiger partial charge in [-0.05, 0) is 47.7 Å². The monoisotopic (exact) mass is 354 g/mol. The van der Waals surface area contributed by atoms with E-state index in [1.54, 1.807) is 42.1 Å². The quantitative estimate of drug-likeness (QED) is 0.739. The molecule has 0 fully saturated rings. The van der Waals surface area contributed by atoms with Crippen LogP contribution in [-0.2, 0) is 0 Å². The third-order valence-electron chi connectivity index (χ3n) is 4.31. The van der Waals surface area contributed by atoms with Gasteiger partial charge in [-0.15, -0.1) is 11.8 Å². The van der Waals surface area contributed by atoms with Gasteiger partial charge in [0, 0.05) is 16.0 Å². The number of fused-ring (bicyclic) bond motifs is 2. The Hall–Kier alpha value is -2.60. The lowest BCUT2D eigenvalue weighted by molar-refractivity contribution is 0.0929. The van der Waals surface area contributed by atoms with E-state index in [1.165, 1.54) is 12.1 Å². The molecule has 1 aliphatic rings. The summed E-state index contributed by atoms with van der Waals surface area (Å²) < 4.78 is 13.6. The molecule has 0 spiro atoms. The molecule has 0 saturated heterocycles. The van der Waals surface area contributed by atoms with E-state index in [-0.39, 0.29) is 29.0 Å². The number of rotatable bonds is 2. The van der Waals surface area contributed by atoms with E-state index in [0.717, 1.165) is 16.2 Å². The van der Waals surface area contributed by atoms with Crippen molar-refractivity contribution in [3.8, 4) is 0 Å². The van der Waals surface area contributed by atoms with Gasteiger partial charge >= 0.3 is 0 Å². The maximum absolute atomic E-state index is 13.6. The van der Waals surface area contributed by atoms with Crippen molar-refractivity contribution in [1.29, 1.82) is 0 Å². The molecule has 6 heteroatoms. The predicted molar refractivity (Wildman–Crippen MR) is 96.5 cm³/mol. The van der Waals surface area contributed by atoms with Crippen LogP contribution in [0.3, 0.4) is 0 Å². The lowest BCUT2D eigenvalue weighted by atomic mass is 10.0. The molecule has 0 unspecified atom stereocenters. The van der Waals surface area contributed by atoms with Crippen LogP contribution in [-0.4, -0.2) is 16.6 Å². The number of thioether (sulfide) groups is 1. The van der Waals surface area contributed by atoms with E-state index in [0.29, 0.717) is 17.2 Å². The minimum Gasteiger partial charge on any atom is -0.344 e. The average Bonchev–Trinajstić information content (AvgIpc) is 2.62. The van der Waals surface area contributed by atoms with E-state index in [4.69, 9.17) is 0 Å². The third-order valence-corrected chi connectivity index (χ3v) is 5.44. The number of aromatic amines is 1. The van der Waals surface area contributed by atoms with Crippen molar-refractivity contribution in [1.82, 2.24) is 10.3 Å². The molecular weight excluding hydrogens is 339 g/mol. The molecule has 1 amide bonds. The number of halogens is 1. The van der Waals surface area contributed by atoms with E-state index < -0.39 is 0 Å². The normalized spacial score (nSPS) is 16.4. The first kappa shape index (κ1) is 15.9. The maximum atomic E-state index is 13.6. The van der Waals surface area contributed by atoms with Crippen molar-refractivity contribution in [2.45, 2.75) is 17.4 Å². The van der Waals surface area contributed by atoms with Crippen LogP contribution in [0.1, 0.15) is 28.5 Å². The van der Waals surface area contributed by atoms with Crippen LogP contribution in [0.25, 0.3) is 10.8 Å². The molecule has 126 valence electrons. The third kappa shape index (κ3) is 3.05. The second kappa shape index (κ2) is 6.37. The molecule has 4 rings (SSSR count). The van der Waals surface area contributed by atoms with Gasteiger partial charge in [0.2, 0.25) is 0 Å². The van der Waals surface area contributed by atoms with Gasteiger partial charge in [0.15, 0.2) is 0 Å². The topological polar surface area (TPSA) is 62.0 Å². The molecule has 0 saturated carbocycles. The van der Waals surface area contributed by atoms with Gasteiger partial charge < -0.3 is 10.3 Å².